The lowest BCUT2D eigenvalue weighted by molar-refractivity contribution is 0.175. The zero-order valence-electron chi connectivity index (χ0n) is 12.3. The Kier molecular flexibility index (Phi) is 3.73. The molecule has 2 atom stereocenters. The standard InChI is InChI=1S/C14H21ClN4O/c1-4-11-13-14(18(3)17-11)19(12(7-15)16-13)9(2)10-5-6-20-8-10/h9-10H,4-8H2,1-3H3. The van der Waals surface area contributed by atoms with Gasteiger partial charge in [0.15, 0.2) is 5.65 Å². The molecule has 110 valence electrons. The van der Waals surface area contributed by atoms with Crippen molar-refractivity contribution in [2.45, 2.75) is 38.6 Å². The number of hydrogen-bond donors (Lipinski definition) is 0. The van der Waals surface area contributed by atoms with Gasteiger partial charge in [-0.2, -0.15) is 5.10 Å². The third kappa shape index (κ3) is 2.04. The number of alkyl halides is 1. The van der Waals surface area contributed by atoms with Gasteiger partial charge in [0.05, 0.1) is 18.2 Å². The first-order valence-corrected chi connectivity index (χ1v) is 7.77. The quantitative estimate of drug-likeness (QED) is 0.815. The molecule has 0 aromatic carbocycles. The molecular formula is C14H21ClN4O. The molecule has 5 nitrogen and oxygen atoms in total. The number of rotatable bonds is 4. The van der Waals surface area contributed by atoms with Crippen LogP contribution in [0.1, 0.15) is 37.8 Å². The van der Waals surface area contributed by atoms with Crippen LogP contribution in [-0.2, 0) is 24.1 Å². The number of fused-ring (bicyclic) bond motifs is 1. The second-order valence-corrected chi connectivity index (χ2v) is 5.76. The molecule has 0 N–H and O–H groups in total. The maximum atomic E-state index is 6.11. The first kappa shape index (κ1) is 13.9. The third-order valence-corrected chi connectivity index (χ3v) is 4.56. The minimum absolute atomic E-state index is 0.330. The molecule has 0 aliphatic carbocycles. The summed E-state index contributed by atoms with van der Waals surface area (Å²) in [7, 11) is 1.98. The number of aromatic nitrogens is 4. The molecule has 20 heavy (non-hydrogen) atoms. The van der Waals surface area contributed by atoms with Gasteiger partial charge in [-0.3, -0.25) is 4.68 Å². The molecule has 2 aromatic heterocycles. The van der Waals surface area contributed by atoms with E-state index in [1.807, 2.05) is 11.7 Å². The lowest BCUT2D eigenvalue weighted by atomic mass is 10.0. The van der Waals surface area contributed by atoms with Crippen LogP contribution in [0, 0.1) is 5.92 Å². The largest absolute Gasteiger partial charge is 0.381 e. The van der Waals surface area contributed by atoms with E-state index in [0.717, 1.165) is 48.7 Å². The highest BCUT2D eigenvalue weighted by Gasteiger charge is 2.28. The molecule has 0 saturated carbocycles. The van der Waals surface area contributed by atoms with E-state index in [1.165, 1.54) is 0 Å². The molecule has 1 aliphatic heterocycles. The average Bonchev–Trinajstić information content (AvgIpc) is 3.14. The summed E-state index contributed by atoms with van der Waals surface area (Å²) in [5.74, 6) is 1.88. The van der Waals surface area contributed by atoms with Crippen molar-refractivity contribution in [3.05, 3.63) is 11.5 Å². The Morgan fingerprint density at radius 2 is 2.30 bits per heavy atom. The number of aryl methyl sites for hydroxylation is 2. The summed E-state index contributed by atoms with van der Waals surface area (Å²) in [6.45, 7) is 6.01. The van der Waals surface area contributed by atoms with Gasteiger partial charge in [0.25, 0.3) is 0 Å². The molecule has 2 unspecified atom stereocenters. The first-order valence-electron chi connectivity index (χ1n) is 7.23. The minimum atomic E-state index is 0.330. The van der Waals surface area contributed by atoms with Gasteiger partial charge in [-0.05, 0) is 19.8 Å². The zero-order chi connectivity index (χ0) is 14.3. The summed E-state index contributed by atoms with van der Waals surface area (Å²) < 4.78 is 9.72. The van der Waals surface area contributed by atoms with Crippen LogP contribution >= 0.6 is 11.6 Å². The highest BCUT2D eigenvalue weighted by Crippen LogP contribution is 2.32. The number of imidazole rings is 1. The molecule has 0 amide bonds. The number of hydrogen-bond acceptors (Lipinski definition) is 3. The van der Waals surface area contributed by atoms with E-state index >= 15 is 0 Å². The van der Waals surface area contributed by atoms with Gasteiger partial charge in [-0.15, -0.1) is 11.6 Å². The summed E-state index contributed by atoms with van der Waals surface area (Å²) >= 11 is 6.11. The fourth-order valence-electron chi connectivity index (χ4n) is 3.15. The lowest BCUT2D eigenvalue weighted by Crippen LogP contribution is -2.20. The molecule has 3 rings (SSSR count). The van der Waals surface area contributed by atoms with Crippen LogP contribution in [0.5, 0.6) is 0 Å². The molecule has 1 aliphatic rings. The zero-order valence-corrected chi connectivity index (χ0v) is 13.0. The molecule has 3 heterocycles. The molecule has 2 aromatic rings. The van der Waals surface area contributed by atoms with Gasteiger partial charge in [0, 0.05) is 25.6 Å². The first-order chi connectivity index (χ1) is 9.67. The van der Waals surface area contributed by atoms with Crippen molar-refractivity contribution in [2.24, 2.45) is 13.0 Å². The van der Waals surface area contributed by atoms with E-state index in [-0.39, 0.29) is 0 Å². The van der Waals surface area contributed by atoms with Gasteiger partial charge < -0.3 is 9.30 Å². The van der Waals surface area contributed by atoms with E-state index in [4.69, 9.17) is 21.3 Å². The van der Waals surface area contributed by atoms with E-state index < -0.39 is 0 Å². The van der Waals surface area contributed by atoms with E-state index in [0.29, 0.717) is 17.8 Å². The number of nitrogens with zero attached hydrogens (tertiary/aromatic N) is 4. The molecule has 1 saturated heterocycles. The Morgan fingerprint density at radius 3 is 2.90 bits per heavy atom. The van der Waals surface area contributed by atoms with Gasteiger partial charge in [-0.1, -0.05) is 6.92 Å². The Hall–Kier alpha value is -1.07. The van der Waals surface area contributed by atoms with Crippen molar-refractivity contribution in [1.82, 2.24) is 19.3 Å². The molecule has 0 spiro atoms. The van der Waals surface area contributed by atoms with E-state index in [1.54, 1.807) is 0 Å². The fourth-order valence-corrected chi connectivity index (χ4v) is 3.34. The summed E-state index contributed by atoms with van der Waals surface area (Å²) in [5.41, 5.74) is 3.12. The van der Waals surface area contributed by atoms with Crippen LogP contribution in [0.15, 0.2) is 0 Å². The van der Waals surface area contributed by atoms with Crippen molar-refractivity contribution in [1.29, 1.82) is 0 Å². The van der Waals surface area contributed by atoms with Crippen LogP contribution in [-0.4, -0.2) is 32.5 Å². The number of ether oxygens (including phenoxy) is 1. The van der Waals surface area contributed by atoms with Gasteiger partial charge in [0.2, 0.25) is 0 Å². The van der Waals surface area contributed by atoms with Crippen molar-refractivity contribution < 1.29 is 4.74 Å². The van der Waals surface area contributed by atoms with Crippen molar-refractivity contribution in [2.75, 3.05) is 13.2 Å². The highest BCUT2D eigenvalue weighted by molar-refractivity contribution is 6.16. The maximum Gasteiger partial charge on any atom is 0.158 e. The molecule has 1 fully saturated rings. The van der Waals surface area contributed by atoms with E-state index in [9.17, 15) is 0 Å². The SMILES string of the molecule is CCc1nn(C)c2c1nc(CCl)n2C(C)C1CCOC1. The highest BCUT2D eigenvalue weighted by atomic mass is 35.5. The Morgan fingerprint density at radius 1 is 1.50 bits per heavy atom. The molecule has 0 radical (unpaired) electrons. The van der Waals surface area contributed by atoms with Gasteiger partial charge in [0.1, 0.15) is 11.3 Å². The third-order valence-electron chi connectivity index (χ3n) is 4.32. The second-order valence-electron chi connectivity index (χ2n) is 5.49. The van der Waals surface area contributed by atoms with Gasteiger partial charge in [-0.25, -0.2) is 4.98 Å². The molecular weight excluding hydrogens is 276 g/mol. The van der Waals surface area contributed by atoms with Crippen LogP contribution < -0.4 is 0 Å². The summed E-state index contributed by atoms with van der Waals surface area (Å²) in [4.78, 5) is 4.72. The molecule has 0 bridgehead atoms. The van der Waals surface area contributed by atoms with Gasteiger partial charge >= 0.3 is 0 Å². The molecule has 6 heteroatoms. The van der Waals surface area contributed by atoms with E-state index in [2.05, 4.69) is 23.5 Å². The smallest absolute Gasteiger partial charge is 0.158 e. The second kappa shape index (κ2) is 5.37. The predicted octanol–water partition coefficient (Wildman–Crippen LogP) is 2.67. The van der Waals surface area contributed by atoms with Crippen molar-refractivity contribution >= 4 is 22.8 Å². The maximum absolute atomic E-state index is 6.11. The van der Waals surface area contributed by atoms with Crippen LogP contribution in [0.3, 0.4) is 0 Å². The Labute approximate surface area is 123 Å². The summed E-state index contributed by atoms with van der Waals surface area (Å²) in [6.07, 6.45) is 1.98. The summed E-state index contributed by atoms with van der Waals surface area (Å²) in [6, 6.07) is 0.330. The minimum Gasteiger partial charge on any atom is -0.381 e. The monoisotopic (exact) mass is 296 g/mol. The average molecular weight is 297 g/mol. The Bertz CT molecular complexity index is 612. The topological polar surface area (TPSA) is 44.9 Å². The van der Waals surface area contributed by atoms with Crippen LogP contribution in [0.2, 0.25) is 0 Å². The summed E-state index contributed by atoms with van der Waals surface area (Å²) in [5, 5.41) is 4.57. The lowest BCUT2D eigenvalue weighted by Gasteiger charge is -2.22. The number of halogens is 1. The Balaban J connectivity index is 2.14. The van der Waals surface area contributed by atoms with Crippen molar-refractivity contribution in [3.8, 4) is 0 Å². The predicted molar refractivity (Wildman–Crippen MR) is 79.1 cm³/mol. The van der Waals surface area contributed by atoms with Crippen LogP contribution in [0.25, 0.3) is 11.2 Å². The van der Waals surface area contributed by atoms with Crippen molar-refractivity contribution in [3.63, 3.8) is 0 Å². The fraction of sp³-hybridized carbons (Fsp3) is 0.714. The normalized spacial score (nSPS) is 20.9. The van der Waals surface area contributed by atoms with Crippen LogP contribution in [0.4, 0.5) is 0 Å².